The summed E-state index contributed by atoms with van der Waals surface area (Å²) in [5.41, 5.74) is 2.52. The molecule has 0 atom stereocenters. The Morgan fingerprint density at radius 1 is 1.04 bits per heavy atom. The molecule has 2 aromatic rings. The van der Waals surface area contributed by atoms with Gasteiger partial charge in [0.2, 0.25) is 0 Å². The van der Waals surface area contributed by atoms with Crippen molar-refractivity contribution in [1.82, 2.24) is 0 Å². The van der Waals surface area contributed by atoms with Crippen molar-refractivity contribution in [1.29, 1.82) is 0 Å². The number of para-hydroxylation sites is 1. The van der Waals surface area contributed by atoms with Gasteiger partial charge in [0.15, 0.2) is 16.4 Å². The van der Waals surface area contributed by atoms with Crippen LogP contribution in [-0.2, 0) is 31.5 Å². The Morgan fingerprint density at radius 2 is 1.69 bits per heavy atom. The van der Waals surface area contributed by atoms with Crippen molar-refractivity contribution >= 4 is 27.4 Å². The lowest BCUT2D eigenvalue weighted by atomic mass is 10.1. The molecular weight excluding hydrogens is 354 g/mol. The van der Waals surface area contributed by atoms with E-state index in [0.717, 1.165) is 18.2 Å². The number of nitrogens with one attached hydrogen (secondary N) is 1. The number of sulfone groups is 1. The summed E-state index contributed by atoms with van der Waals surface area (Å²) in [6.07, 6.45) is 1.92. The normalized spacial score (nSPS) is 11.0. The van der Waals surface area contributed by atoms with Crippen molar-refractivity contribution in [2.24, 2.45) is 0 Å². The minimum Gasteiger partial charge on any atom is -0.452 e. The fourth-order valence-electron chi connectivity index (χ4n) is 2.39. The molecule has 0 saturated carbocycles. The van der Waals surface area contributed by atoms with Crippen molar-refractivity contribution in [2.45, 2.75) is 19.1 Å². The van der Waals surface area contributed by atoms with Gasteiger partial charge >= 0.3 is 5.97 Å². The van der Waals surface area contributed by atoms with Gasteiger partial charge in [-0.25, -0.2) is 13.2 Å². The van der Waals surface area contributed by atoms with Gasteiger partial charge in [0.05, 0.1) is 11.3 Å². The smallest absolute Gasteiger partial charge is 0.338 e. The highest BCUT2D eigenvalue weighted by Crippen LogP contribution is 2.15. The predicted octanol–water partition coefficient (Wildman–Crippen LogP) is 2.59. The van der Waals surface area contributed by atoms with Crippen LogP contribution in [0.2, 0.25) is 0 Å². The molecule has 1 amide bonds. The lowest BCUT2D eigenvalue weighted by Gasteiger charge is -2.10. The minimum atomic E-state index is -3.14. The first kappa shape index (κ1) is 19.7. The number of ether oxygens (including phenoxy) is 1. The summed E-state index contributed by atoms with van der Waals surface area (Å²) in [7, 11) is -3.14. The Morgan fingerprint density at radius 3 is 2.31 bits per heavy atom. The molecule has 0 aliphatic rings. The van der Waals surface area contributed by atoms with E-state index in [-0.39, 0.29) is 11.3 Å². The van der Waals surface area contributed by atoms with Crippen molar-refractivity contribution < 1.29 is 22.7 Å². The zero-order valence-electron chi connectivity index (χ0n) is 14.7. The molecule has 1 N–H and O–H groups in total. The van der Waals surface area contributed by atoms with E-state index in [0.29, 0.717) is 11.3 Å². The van der Waals surface area contributed by atoms with Gasteiger partial charge in [-0.3, -0.25) is 4.79 Å². The highest BCUT2D eigenvalue weighted by atomic mass is 32.2. The lowest BCUT2D eigenvalue weighted by Crippen LogP contribution is -2.21. The standard InChI is InChI=1S/C19H21NO5S/c1-3-15-6-4-5-7-17(15)20-18(21)12-25-19(22)16-10-8-14(9-11-16)13-26(2,23)24/h4-11H,3,12-13H2,1-2H3,(H,20,21). The number of carbonyl (C=O) groups is 2. The fourth-order valence-corrected chi connectivity index (χ4v) is 3.19. The van der Waals surface area contributed by atoms with E-state index < -0.39 is 28.3 Å². The van der Waals surface area contributed by atoms with Crippen LogP contribution in [0, 0.1) is 0 Å². The van der Waals surface area contributed by atoms with Gasteiger partial charge in [-0.05, 0) is 35.7 Å². The van der Waals surface area contributed by atoms with Gasteiger partial charge in [-0.2, -0.15) is 0 Å². The summed E-state index contributed by atoms with van der Waals surface area (Å²) in [5.74, 6) is -1.16. The van der Waals surface area contributed by atoms with E-state index >= 15 is 0 Å². The van der Waals surface area contributed by atoms with Crippen LogP contribution >= 0.6 is 0 Å². The molecule has 0 saturated heterocycles. The number of hydrogen-bond acceptors (Lipinski definition) is 5. The second kappa shape index (κ2) is 8.62. The Hall–Kier alpha value is -2.67. The van der Waals surface area contributed by atoms with Crippen molar-refractivity contribution in [3.63, 3.8) is 0 Å². The van der Waals surface area contributed by atoms with Crippen LogP contribution in [0.25, 0.3) is 0 Å². The highest BCUT2D eigenvalue weighted by molar-refractivity contribution is 7.89. The van der Waals surface area contributed by atoms with E-state index in [1.807, 2.05) is 25.1 Å². The van der Waals surface area contributed by atoms with Crippen LogP contribution in [0.3, 0.4) is 0 Å². The number of anilines is 1. The monoisotopic (exact) mass is 375 g/mol. The van der Waals surface area contributed by atoms with Gasteiger partial charge < -0.3 is 10.1 Å². The number of benzene rings is 2. The molecule has 0 spiro atoms. The van der Waals surface area contributed by atoms with Crippen LogP contribution in [0.15, 0.2) is 48.5 Å². The van der Waals surface area contributed by atoms with Crippen molar-refractivity contribution in [3.05, 3.63) is 65.2 Å². The predicted molar refractivity (Wildman–Crippen MR) is 99.7 cm³/mol. The summed E-state index contributed by atoms with van der Waals surface area (Å²) in [6, 6.07) is 13.5. The summed E-state index contributed by atoms with van der Waals surface area (Å²) in [4.78, 5) is 24.0. The molecule has 26 heavy (non-hydrogen) atoms. The van der Waals surface area contributed by atoms with Crippen LogP contribution < -0.4 is 5.32 Å². The van der Waals surface area contributed by atoms with Gasteiger partial charge in [-0.15, -0.1) is 0 Å². The quantitative estimate of drug-likeness (QED) is 0.752. The molecule has 0 bridgehead atoms. The van der Waals surface area contributed by atoms with Crippen LogP contribution in [0.4, 0.5) is 5.69 Å². The lowest BCUT2D eigenvalue weighted by molar-refractivity contribution is -0.119. The molecule has 0 heterocycles. The maximum Gasteiger partial charge on any atom is 0.338 e. The first-order valence-electron chi connectivity index (χ1n) is 8.10. The van der Waals surface area contributed by atoms with Crippen molar-refractivity contribution in [2.75, 3.05) is 18.2 Å². The summed E-state index contributed by atoms with van der Waals surface area (Å²) >= 11 is 0. The molecule has 7 heteroatoms. The number of esters is 1. The van der Waals surface area contributed by atoms with Crippen molar-refractivity contribution in [3.8, 4) is 0 Å². The minimum absolute atomic E-state index is 0.0957. The number of amides is 1. The van der Waals surface area contributed by atoms with Crippen LogP contribution in [0.5, 0.6) is 0 Å². The summed E-state index contributed by atoms with van der Waals surface area (Å²) in [6.45, 7) is 1.58. The Kier molecular flexibility index (Phi) is 6.52. The van der Waals surface area contributed by atoms with Gasteiger partial charge in [0, 0.05) is 11.9 Å². The van der Waals surface area contributed by atoms with E-state index in [1.54, 1.807) is 18.2 Å². The van der Waals surface area contributed by atoms with E-state index in [4.69, 9.17) is 4.74 Å². The largest absolute Gasteiger partial charge is 0.452 e. The van der Waals surface area contributed by atoms with Gasteiger partial charge in [0.25, 0.3) is 5.91 Å². The average molecular weight is 375 g/mol. The highest BCUT2D eigenvalue weighted by Gasteiger charge is 2.12. The topological polar surface area (TPSA) is 89.5 Å². The Bertz CT molecular complexity index is 888. The van der Waals surface area contributed by atoms with E-state index in [1.165, 1.54) is 12.1 Å². The molecule has 2 aromatic carbocycles. The third kappa shape index (κ3) is 6.00. The number of hydrogen-bond donors (Lipinski definition) is 1. The molecule has 0 fully saturated rings. The molecule has 138 valence electrons. The molecule has 0 unspecified atom stereocenters. The molecule has 0 radical (unpaired) electrons. The molecule has 0 aromatic heterocycles. The first-order chi connectivity index (χ1) is 12.3. The maximum atomic E-state index is 12.0. The van der Waals surface area contributed by atoms with Gasteiger partial charge in [0.1, 0.15) is 0 Å². The number of aryl methyl sites for hydroxylation is 1. The summed E-state index contributed by atoms with van der Waals surface area (Å²) < 4.78 is 27.5. The average Bonchev–Trinajstić information content (AvgIpc) is 2.59. The third-order valence-corrected chi connectivity index (χ3v) is 4.48. The first-order valence-corrected chi connectivity index (χ1v) is 10.2. The summed E-state index contributed by atoms with van der Waals surface area (Å²) in [5, 5.41) is 2.72. The van der Waals surface area contributed by atoms with Crippen LogP contribution in [0.1, 0.15) is 28.4 Å². The second-order valence-electron chi connectivity index (χ2n) is 5.90. The molecule has 6 nitrogen and oxygen atoms in total. The molecular formula is C19H21NO5S. The molecule has 2 rings (SSSR count). The molecule has 0 aliphatic heterocycles. The van der Waals surface area contributed by atoms with E-state index in [9.17, 15) is 18.0 Å². The zero-order valence-corrected chi connectivity index (χ0v) is 15.5. The third-order valence-electron chi connectivity index (χ3n) is 3.63. The number of carbonyl (C=O) groups excluding carboxylic acids is 2. The van der Waals surface area contributed by atoms with Crippen LogP contribution in [-0.4, -0.2) is 33.2 Å². The maximum absolute atomic E-state index is 12.0. The second-order valence-corrected chi connectivity index (χ2v) is 8.04. The zero-order chi connectivity index (χ0) is 19.2. The van der Waals surface area contributed by atoms with Gasteiger partial charge in [-0.1, -0.05) is 37.3 Å². The van der Waals surface area contributed by atoms with E-state index in [2.05, 4.69) is 5.32 Å². The Labute approximate surface area is 153 Å². The molecule has 0 aliphatic carbocycles. The number of rotatable bonds is 7. The Balaban J connectivity index is 1.90. The SMILES string of the molecule is CCc1ccccc1NC(=O)COC(=O)c1ccc(CS(C)(=O)=O)cc1. The fraction of sp³-hybridized carbons (Fsp3) is 0.263.